The molecule has 2 heterocycles. The SMILES string of the molecule is CC1(c2cccs2)OCC(=O)Nc2ccc(-c3cccc([N+](=O)[O-])c3)cc21. The highest BCUT2D eigenvalue weighted by molar-refractivity contribution is 7.10. The fraction of sp³-hybridized carbons (Fsp3) is 0.150. The van der Waals surface area contributed by atoms with E-state index in [1.807, 2.05) is 48.7 Å². The lowest BCUT2D eigenvalue weighted by Crippen LogP contribution is -2.27. The van der Waals surface area contributed by atoms with Crippen LogP contribution in [-0.2, 0) is 15.1 Å². The Labute approximate surface area is 159 Å². The van der Waals surface area contributed by atoms with E-state index in [4.69, 9.17) is 4.74 Å². The first-order valence-electron chi connectivity index (χ1n) is 8.34. The minimum absolute atomic E-state index is 0.0352. The quantitative estimate of drug-likeness (QED) is 0.534. The van der Waals surface area contributed by atoms with Gasteiger partial charge in [-0.2, -0.15) is 0 Å². The van der Waals surface area contributed by atoms with Crippen LogP contribution in [0.3, 0.4) is 0 Å². The molecule has 1 aliphatic rings. The number of carbonyl (C=O) groups is 1. The lowest BCUT2D eigenvalue weighted by atomic mass is 9.89. The van der Waals surface area contributed by atoms with Crippen LogP contribution in [0.25, 0.3) is 11.1 Å². The van der Waals surface area contributed by atoms with Crippen molar-refractivity contribution in [2.45, 2.75) is 12.5 Å². The van der Waals surface area contributed by atoms with Crippen LogP contribution in [0.15, 0.2) is 60.0 Å². The van der Waals surface area contributed by atoms with Crippen molar-refractivity contribution in [1.29, 1.82) is 0 Å². The van der Waals surface area contributed by atoms with Crippen LogP contribution in [-0.4, -0.2) is 17.4 Å². The molecule has 0 fully saturated rings. The molecule has 0 aliphatic carbocycles. The summed E-state index contributed by atoms with van der Waals surface area (Å²) in [7, 11) is 0. The molecule has 1 unspecified atom stereocenters. The van der Waals surface area contributed by atoms with E-state index in [2.05, 4.69) is 5.32 Å². The van der Waals surface area contributed by atoms with Gasteiger partial charge in [-0.25, -0.2) is 0 Å². The number of fused-ring (bicyclic) bond motifs is 1. The summed E-state index contributed by atoms with van der Waals surface area (Å²) in [6.45, 7) is 1.89. The van der Waals surface area contributed by atoms with Crippen LogP contribution in [0.5, 0.6) is 0 Å². The molecule has 1 atom stereocenters. The molecule has 2 aromatic carbocycles. The van der Waals surface area contributed by atoms with E-state index in [9.17, 15) is 14.9 Å². The van der Waals surface area contributed by atoms with Crippen molar-refractivity contribution in [1.82, 2.24) is 0 Å². The molecule has 1 aromatic heterocycles. The Balaban J connectivity index is 1.88. The lowest BCUT2D eigenvalue weighted by Gasteiger charge is -2.29. The summed E-state index contributed by atoms with van der Waals surface area (Å²) in [6.07, 6.45) is 0. The monoisotopic (exact) mass is 380 g/mol. The molecule has 0 radical (unpaired) electrons. The fourth-order valence-electron chi connectivity index (χ4n) is 3.25. The van der Waals surface area contributed by atoms with Gasteiger partial charge in [0.1, 0.15) is 12.2 Å². The number of thiophene rings is 1. The average Bonchev–Trinajstić information content (AvgIpc) is 3.18. The maximum Gasteiger partial charge on any atom is 0.270 e. The number of ether oxygens (including phenoxy) is 1. The number of nitrogens with zero attached hydrogens (tertiary/aromatic N) is 1. The summed E-state index contributed by atoms with van der Waals surface area (Å²) in [5.74, 6) is -0.209. The molecule has 6 nitrogen and oxygen atoms in total. The molecule has 1 amide bonds. The van der Waals surface area contributed by atoms with E-state index in [0.717, 1.165) is 21.6 Å². The van der Waals surface area contributed by atoms with Crippen LogP contribution in [0, 0.1) is 10.1 Å². The largest absolute Gasteiger partial charge is 0.355 e. The van der Waals surface area contributed by atoms with E-state index < -0.39 is 10.5 Å². The predicted octanol–water partition coefficient (Wildman–Crippen LogP) is 4.56. The minimum atomic E-state index is -0.792. The molecular formula is C20H16N2O4S. The second kappa shape index (κ2) is 6.61. The Morgan fingerprint density at radius 3 is 2.70 bits per heavy atom. The molecular weight excluding hydrogens is 364 g/mol. The number of non-ortho nitro benzene ring substituents is 1. The minimum Gasteiger partial charge on any atom is -0.355 e. The van der Waals surface area contributed by atoms with Crippen molar-refractivity contribution in [3.05, 3.63) is 80.5 Å². The van der Waals surface area contributed by atoms with Crippen LogP contribution in [0.4, 0.5) is 11.4 Å². The molecule has 27 heavy (non-hydrogen) atoms. The van der Waals surface area contributed by atoms with Gasteiger partial charge in [0.05, 0.1) is 4.92 Å². The smallest absolute Gasteiger partial charge is 0.270 e. The van der Waals surface area contributed by atoms with E-state index in [0.29, 0.717) is 5.69 Å². The number of benzene rings is 2. The molecule has 0 saturated heterocycles. The highest BCUT2D eigenvalue weighted by Gasteiger charge is 2.37. The van der Waals surface area contributed by atoms with Gasteiger partial charge in [0.2, 0.25) is 5.91 Å². The van der Waals surface area contributed by atoms with Crippen LogP contribution in [0.2, 0.25) is 0 Å². The number of hydrogen-bond acceptors (Lipinski definition) is 5. The first kappa shape index (κ1) is 17.4. The number of nitro groups is 1. The van der Waals surface area contributed by atoms with Crippen LogP contribution in [0.1, 0.15) is 17.4 Å². The van der Waals surface area contributed by atoms with Gasteiger partial charge < -0.3 is 10.1 Å². The number of anilines is 1. The Hall–Kier alpha value is -3.03. The Kier molecular flexibility index (Phi) is 4.25. The molecule has 4 rings (SSSR count). The van der Waals surface area contributed by atoms with Crippen LogP contribution < -0.4 is 5.32 Å². The Morgan fingerprint density at radius 2 is 1.96 bits per heavy atom. The first-order chi connectivity index (χ1) is 13.0. The molecule has 1 aliphatic heterocycles. The van der Waals surface area contributed by atoms with Gasteiger partial charge >= 0.3 is 0 Å². The van der Waals surface area contributed by atoms with Gasteiger partial charge in [0.15, 0.2) is 0 Å². The highest BCUT2D eigenvalue weighted by atomic mass is 32.1. The summed E-state index contributed by atoms with van der Waals surface area (Å²) in [4.78, 5) is 23.7. The summed E-state index contributed by atoms with van der Waals surface area (Å²) in [5, 5.41) is 15.9. The van der Waals surface area contributed by atoms with Gasteiger partial charge in [-0.1, -0.05) is 24.3 Å². The second-order valence-corrected chi connectivity index (χ2v) is 7.36. The zero-order chi connectivity index (χ0) is 19.0. The summed E-state index contributed by atoms with van der Waals surface area (Å²) in [6, 6.07) is 16.0. The normalized spacial score (nSPS) is 19.1. The third kappa shape index (κ3) is 3.11. The molecule has 3 aromatic rings. The summed E-state index contributed by atoms with van der Waals surface area (Å²) < 4.78 is 6.02. The Bertz CT molecular complexity index is 1030. The first-order valence-corrected chi connectivity index (χ1v) is 9.22. The van der Waals surface area contributed by atoms with E-state index in [1.165, 1.54) is 6.07 Å². The van der Waals surface area contributed by atoms with E-state index in [-0.39, 0.29) is 18.2 Å². The molecule has 0 spiro atoms. The standard InChI is InChI=1S/C20H16N2O4S/c1-20(18-6-3-9-27-18)16-11-14(7-8-17(16)21-19(23)12-26-20)13-4-2-5-15(10-13)22(24)25/h2-11H,12H2,1H3,(H,21,23). The summed E-state index contributed by atoms with van der Waals surface area (Å²) >= 11 is 1.56. The third-order valence-electron chi connectivity index (χ3n) is 4.68. The maximum atomic E-state index is 12.1. The lowest BCUT2D eigenvalue weighted by molar-refractivity contribution is -0.384. The number of nitrogens with one attached hydrogen (secondary N) is 1. The number of amides is 1. The van der Waals surface area contributed by atoms with Gasteiger partial charge in [0, 0.05) is 28.3 Å². The van der Waals surface area contributed by atoms with E-state index >= 15 is 0 Å². The topological polar surface area (TPSA) is 81.5 Å². The fourth-order valence-corrected chi connectivity index (χ4v) is 4.11. The maximum absolute atomic E-state index is 12.1. The number of rotatable bonds is 3. The zero-order valence-electron chi connectivity index (χ0n) is 14.5. The molecule has 136 valence electrons. The Morgan fingerprint density at radius 1 is 1.15 bits per heavy atom. The molecule has 1 N–H and O–H groups in total. The van der Waals surface area contributed by atoms with Gasteiger partial charge in [0.25, 0.3) is 5.69 Å². The van der Waals surface area contributed by atoms with E-state index in [1.54, 1.807) is 23.5 Å². The van der Waals surface area contributed by atoms with Crippen molar-refractivity contribution < 1.29 is 14.5 Å². The van der Waals surface area contributed by atoms with Gasteiger partial charge in [-0.15, -0.1) is 11.3 Å². The van der Waals surface area contributed by atoms with Crippen molar-refractivity contribution in [2.24, 2.45) is 0 Å². The van der Waals surface area contributed by atoms with Gasteiger partial charge in [-0.05, 0) is 41.6 Å². The summed E-state index contributed by atoms with van der Waals surface area (Å²) in [5.41, 5.74) is 2.30. The third-order valence-corrected chi connectivity index (χ3v) is 5.75. The highest BCUT2D eigenvalue weighted by Crippen LogP contribution is 2.43. The predicted molar refractivity (Wildman–Crippen MR) is 104 cm³/mol. The molecule has 7 heteroatoms. The van der Waals surface area contributed by atoms with Crippen LogP contribution >= 0.6 is 11.3 Å². The zero-order valence-corrected chi connectivity index (χ0v) is 15.3. The van der Waals surface area contributed by atoms with Crippen molar-refractivity contribution in [3.63, 3.8) is 0 Å². The number of nitro benzene ring substituents is 1. The van der Waals surface area contributed by atoms with Crippen molar-refractivity contribution >= 4 is 28.6 Å². The van der Waals surface area contributed by atoms with Crippen molar-refractivity contribution in [3.8, 4) is 11.1 Å². The number of carbonyl (C=O) groups excluding carboxylic acids is 1. The average molecular weight is 380 g/mol. The molecule has 0 bridgehead atoms. The molecule has 0 saturated carbocycles. The number of hydrogen-bond donors (Lipinski definition) is 1. The van der Waals surface area contributed by atoms with Gasteiger partial charge in [-0.3, -0.25) is 14.9 Å². The van der Waals surface area contributed by atoms with Crippen molar-refractivity contribution in [2.75, 3.05) is 11.9 Å². The second-order valence-electron chi connectivity index (χ2n) is 6.42.